The fourth-order valence-corrected chi connectivity index (χ4v) is 3.49. The van der Waals surface area contributed by atoms with Gasteiger partial charge >= 0.3 is 0 Å². The van der Waals surface area contributed by atoms with Crippen LogP contribution in [0.3, 0.4) is 0 Å². The van der Waals surface area contributed by atoms with Gasteiger partial charge in [0, 0.05) is 13.1 Å². The molecule has 23 heavy (non-hydrogen) atoms. The first kappa shape index (κ1) is 16.1. The van der Waals surface area contributed by atoms with Gasteiger partial charge in [0.2, 0.25) is 0 Å². The molecule has 1 aliphatic rings. The third kappa shape index (κ3) is 4.39. The van der Waals surface area contributed by atoms with Crippen LogP contribution in [0.15, 0.2) is 54.6 Å². The van der Waals surface area contributed by atoms with Gasteiger partial charge in [0.15, 0.2) is 0 Å². The van der Waals surface area contributed by atoms with Crippen LogP contribution in [0, 0.1) is 0 Å². The Morgan fingerprint density at radius 2 is 1.74 bits per heavy atom. The second kappa shape index (κ2) is 7.23. The highest BCUT2D eigenvalue weighted by Crippen LogP contribution is 2.26. The van der Waals surface area contributed by atoms with Gasteiger partial charge in [-0.15, -0.1) is 0 Å². The van der Waals surface area contributed by atoms with Gasteiger partial charge in [-0.3, -0.25) is 0 Å². The van der Waals surface area contributed by atoms with Crippen molar-refractivity contribution >= 4 is 10.2 Å². The van der Waals surface area contributed by atoms with E-state index in [0.717, 1.165) is 17.5 Å². The van der Waals surface area contributed by atoms with E-state index in [2.05, 4.69) is 15.5 Å². The minimum Gasteiger partial charge on any atom is -0.372 e. The maximum atomic E-state index is 12.1. The Bertz CT molecular complexity index is 747. The third-order valence-electron chi connectivity index (χ3n) is 3.86. The number of nitrogens with one attached hydrogen (secondary N) is 2. The van der Waals surface area contributed by atoms with E-state index in [-0.39, 0.29) is 19.2 Å². The van der Waals surface area contributed by atoms with Crippen LogP contribution in [0.4, 0.5) is 0 Å². The predicted molar refractivity (Wildman–Crippen MR) is 89.0 cm³/mol. The molecule has 2 aromatic rings. The van der Waals surface area contributed by atoms with Crippen LogP contribution >= 0.6 is 0 Å². The van der Waals surface area contributed by atoms with Crippen LogP contribution in [0.1, 0.15) is 22.8 Å². The number of ether oxygens (including phenoxy) is 1. The molecule has 6 heteroatoms. The third-order valence-corrected chi connectivity index (χ3v) is 4.93. The summed E-state index contributed by atoms with van der Waals surface area (Å²) in [5, 5.41) is 0. The summed E-state index contributed by atoms with van der Waals surface area (Å²) in [6, 6.07) is 17.4. The highest BCUT2D eigenvalue weighted by molar-refractivity contribution is 7.87. The van der Waals surface area contributed by atoms with Gasteiger partial charge in [-0.05, 0) is 23.1 Å². The molecule has 1 aliphatic heterocycles. The monoisotopic (exact) mass is 332 g/mol. The summed E-state index contributed by atoms with van der Waals surface area (Å²) in [6.07, 6.45) is 0.624. The number of fused-ring (bicyclic) bond motifs is 1. The van der Waals surface area contributed by atoms with Crippen molar-refractivity contribution in [3.8, 4) is 0 Å². The standard InChI is InChI=1S/C17H20N2O3S/c20-23(21,18-12-14-6-2-1-3-7-14)19-13-17-16-9-5-4-8-15(16)10-11-22-17/h1-9,17-19H,10-13H2/t17-/m1/s1. The summed E-state index contributed by atoms with van der Waals surface area (Å²) in [6.45, 7) is 1.10. The lowest BCUT2D eigenvalue weighted by atomic mass is 9.98. The Morgan fingerprint density at radius 3 is 2.57 bits per heavy atom. The first-order chi connectivity index (χ1) is 11.1. The van der Waals surface area contributed by atoms with E-state index in [0.29, 0.717) is 6.61 Å². The SMILES string of the molecule is O=S(=O)(NCc1ccccc1)NC[C@H]1OCCc2ccccc21. The minimum atomic E-state index is -3.56. The molecule has 0 aliphatic carbocycles. The Morgan fingerprint density at radius 1 is 1.00 bits per heavy atom. The van der Waals surface area contributed by atoms with Crippen molar-refractivity contribution in [1.82, 2.24) is 9.44 Å². The highest BCUT2D eigenvalue weighted by atomic mass is 32.2. The molecule has 0 amide bonds. The van der Waals surface area contributed by atoms with Gasteiger partial charge in [0.05, 0.1) is 12.7 Å². The highest BCUT2D eigenvalue weighted by Gasteiger charge is 2.22. The lowest BCUT2D eigenvalue weighted by Gasteiger charge is -2.26. The first-order valence-corrected chi connectivity index (χ1v) is 9.10. The molecule has 0 unspecified atom stereocenters. The maximum Gasteiger partial charge on any atom is 0.277 e. The second-order valence-corrected chi connectivity index (χ2v) is 7.05. The molecule has 1 atom stereocenters. The molecule has 0 saturated heterocycles. The largest absolute Gasteiger partial charge is 0.372 e. The van der Waals surface area contributed by atoms with Crippen molar-refractivity contribution in [3.63, 3.8) is 0 Å². The van der Waals surface area contributed by atoms with Crippen molar-refractivity contribution in [3.05, 3.63) is 71.3 Å². The molecule has 1 heterocycles. The molecular formula is C17H20N2O3S. The van der Waals surface area contributed by atoms with Crippen LogP contribution in [0.5, 0.6) is 0 Å². The zero-order chi connectivity index (χ0) is 16.1. The Labute approximate surface area is 136 Å². The van der Waals surface area contributed by atoms with E-state index >= 15 is 0 Å². The summed E-state index contributed by atoms with van der Waals surface area (Å²) >= 11 is 0. The molecule has 3 rings (SSSR count). The van der Waals surface area contributed by atoms with E-state index in [9.17, 15) is 8.42 Å². The van der Waals surface area contributed by atoms with Crippen molar-refractivity contribution in [2.45, 2.75) is 19.1 Å². The Hall–Kier alpha value is -1.73. The summed E-state index contributed by atoms with van der Waals surface area (Å²) in [5.74, 6) is 0. The van der Waals surface area contributed by atoms with Gasteiger partial charge in [0.25, 0.3) is 10.2 Å². The van der Waals surface area contributed by atoms with Crippen molar-refractivity contribution in [2.24, 2.45) is 0 Å². The summed E-state index contributed by atoms with van der Waals surface area (Å²) in [7, 11) is -3.56. The van der Waals surface area contributed by atoms with Crippen LogP contribution in [0.25, 0.3) is 0 Å². The van der Waals surface area contributed by atoms with Crippen molar-refractivity contribution < 1.29 is 13.2 Å². The van der Waals surface area contributed by atoms with Crippen LogP contribution in [0.2, 0.25) is 0 Å². The molecule has 0 saturated carbocycles. The van der Waals surface area contributed by atoms with Gasteiger partial charge in [-0.1, -0.05) is 54.6 Å². The van der Waals surface area contributed by atoms with Gasteiger partial charge in [0.1, 0.15) is 0 Å². The number of rotatable bonds is 6. The van der Waals surface area contributed by atoms with Gasteiger partial charge < -0.3 is 4.74 Å². The average molecular weight is 332 g/mol. The summed E-state index contributed by atoms with van der Waals surface area (Å²) < 4.78 is 35.0. The average Bonchev–Trinajstić information content (AvgIpc) is 2.59. The van der Waals surface area contributed by atoms with E-state index in [4.69, 9.17) is 4.74 Å². The van der Waals surface area contributed by atoms with E-state index < -0.39 is 10.2 Å². The molecule has 0 aromatic heterocycles. The number of hydrogen-bond donors (Lipinski definition) is 2. The maximum absolute atomic E-state index is 12.1. The summed E-state index contributed by atoms with van der Waals surface area (Å²) in [5.41, 5.74) is 3.20. The lowest BCUT2D eigenvalue weighted by Crippen LogP contribution is -2.39. The van der Waals surface area contributed by atoms with Crippen LogP contribution in [-0.4, -0.2) is 21.6 Å². The van der Waals surface area contributed by atoms with Crippen molar-refractivity contribution in [2.75, 3.05) is 13.2 Å². The topological polar surface area (TPSA) is 67.4 Å². The van der Waals surface area contributed by atoms with Crippen LogP contribution in [-0.2, 0) is 27.9 Å². The predicted octanol–water partition coefficient (Wildman–Crippen LogP) is 1.92. The molecule has 2 N–H and O–H groups in total. The van der Waals surface area contributed by atoms with Gasteiger partial charge in [-0.25, -0.2) is 0 Å². The van der Waals surface area contributed by atoms with E-state index in [1.165, 1.54) is 5.56 Å². The molecule has 0 spiro atoms. The molecular weight excluding hydrogens is 312 g/mol. The molecule has 0 radical (unpaired) electrons. The molecule has 122 valence electrons. The zero-order valence-electron chi connectivity index (χ0n) is 12.7. The fourth-order valence-electron chi connectivity index (χ4n) is 2.66. The van der Waals surface area contributed by atoms with Gasteiger partial charge in [-0.2, -0.15) is 17.9 Å². The quantitative estimate of drug-likeness (QED) is 0.849. The van der Waals surface area contributed by atoms with E-state index in [1.807, 2.05) is 48.5 Å². The number of hydrogen-bond acceptors (Lipinski definition) is 3. The first-order valence-electron chi connectivity index (χ1n) is 7.62. The normalized spacial score (nSPS) is 17.7. The smallest absolute Gasteiger partial charge is 0.277 e. The molecule has 2 aromatic carbocycles. The minimum absolute atomic E-state index is 0.223. The zero-order valence-corrected chi connectivity index (χ0v) is 13.6. The fraction of sp³-hybridized carbons (Fsp3) is 0.294. The Balaban J connectivity index is 1.57. The molecule has 0 fully saturated rings. The second-order valence-electron chi connectivity index (χ2n) is 5.47. The lowest BCUT2D eigenvalue weighted by molar-refractivity contribution is 0.0460. The number of benzene rings is 2. The molecule has 0 bridgehead atoms. The Kier molecular flexibility index (Phi) is 5.07. The van der Waals surface area contributed by atoms with Crippen LogP contribution < -0.4 is 9.44 Å². The van der Waals surface area contributed by atoms with Crippen molar-refractivity contribution in [1.29, 1.82) is 0 Å². The molecule has 5 nitrogen and oxygen atoms in total. The summed E-state index contributed by atoms with van der Waals surface area (Å²) in [4.78, 5) is 0. The van der Waals surface area contributed by atoms with E-state index in [1.54, 1.807) is 0 Å².